The van der Waals surface area contributed by atoms with E-state index in [0.29, 0.717) is 0 Å². The van der Waals surface area contributed by atoms with Crippen molar-refractivity contribution >= 4 is 12.6 Å². The number of rotatable bonds is 1. The van der Waals surface area contributed by atoms with Gasteiger partial charge in [0.25, 0.3) is 0 Å². The highest BCUT2D eigenvalue weighted by Crippen LogP contribution is 2.06. The van der Waals surface area contributed by atoms with Crippen molar-refractivity contribution < 1.29 is 4.74 Å². The minimum Gasteiger partial charge on any atom is -0.483 e. The third-order valence-electron chi connectivity index (χ3n) is 1.09. The van der Waals surface area contributed by atoms with Crippen molar-refractivity contribution in [3.05, 3.63) is 22.9 Å². The van der Waals surface area contributed by atoms with Gasteiger partial charge in [-0.3, -0.25) is 0 Å². The molecule has 0 saturated heterocycles. The summed E-state index contributed by atoms with van der Waals surface area (Å²) in [4.78, 5) is 1.02. The molecule has 1 aliphatic heterocycles. The van der Waals surface area contributed by atoms with Gasteiger partial charge >= 0.3 is 0 Å². The zero-order valence-electron chi connectivity index (χ0n) is 5.22. The van der Waals surface area contributed by atoms with Gasteiger partial charge in [-0.25, -0.2) is 0 Å². The Morgan fingerprint density at radius 1 is 1.67 bits per heavy atom. The Morgan fingerprint density at radius 3 is 2.89 bits per heavy atom. The van der Waals surface area contributed by atoms with Crippen LogP contribution in [0.25, 0.3) is 0 Å². The van der Waals surface area contributed by atoms with E-state index in [4.69, 9.17) is 4.74 Å². The number of nitrogens with one attached hydrogen (secondary N) is 1. The maximum atomic E-state index is 4.91. The van der Waals surface area contributed by atoms with Gasteiger partial charge in [0, 0.05) is 11.4 Å². The number of ether oxygens (including phenoxy) is 1. The van der Waals surface area contributed by atoms with Crippen LogP contribution in [0.2, 0.25) is 0 Å². The molecular weight excluding hydrogens is 134 g/mol. The van der Waals surface area contributed by atoms with Crippen molar-refractivity contribution in [2.75, 3.05) is 13.7 Å². The molecule has 0 atom stereocenters. The first-order valence-corrected chi connectivity index (χ1v) is 3.15. The summed E-state index contributed by atoms with van der Waals surface area (Å²) >= 11 is 4.14. The monoisotopic (exact) mass is 143 g/mol. The van der Waals surface area contributed by atoms with Gasteiger partial charge in [-0.2, -0.15) is 0 Å². The van der Waals surface area contributed by atoms with E-state index in [-0.39, 0.29) is 0 Å². The standard InChI is InChI=1S/C6H9NOS/c1-8-6-3-2-5(9)4-7-6/h2-3,7,9H,4H2,1H3. The van der Waals surface area contributed by atoms with Crippen LogP contribution in [0.4, 0.5) is 0 Å². The van der Waals surface area contributed by atoms with Crippen LogP contribution in [0.3, 0.4) is 0 Å². The van der Waals surface area contributed by atoms with Crippen LogP contribution in [-0.2, 0) is 4.74 Å². The summed E-state index contributed by atoms with van der Waals surface area (Å²) in [6.07, 6.45) is 3.77. The number of thiol groups is 1. The molecule has 1 heterocycles. The Morgan fingerprint density at radius 2 is 2.44 bits per heavy atom. The van der Waals surface area contributed by atoms with E-state index >= 15 is 0 Å². The molecule has 1 N–H and O–H groups in total. The van der Waals surface area contributed by atoms with Gasteiger partial charge < -0.3 is 10.1 Å². The highest BCUT2D eigenvalue weighted by Gasteiger charge is 1.99. The number of hydrogen-bond acceptors (Lipinski definition) is 3. The zero-order chi connectivity index (χ0) is 6.69. The van der Waals surface area contributed by atoms with Crippen LogP contribution in [0.1, 0.15) is 0 Å². The highest BCUT2D eigenvalue weighted by molar-refractivity contribution is 7.84. The summed E-state index contributed by atoms with van der Waals surface area (Å²) in [5.41, 5.74) is 0. The van der Waals surface area contributed by atoms with Crippen LogP contribution in [0.5, 0.6) is 0 Å². The first-order chi connectivity index (χ1) is 4.33. The van der Waals surface area contributed by atoms with Crippen molar-refractivity contribution in [1.82, 2.24) is 5.32 Å². The van der Waals surface area contributed by atoms with E-state index in [2.05, 4.69) is 17.9 Å². The Balaban J connectivity index is 2.59. The molecule has 0 fully saturated rings. The van der Waals surface area contributed by atoms with Gasteiger partial charge in [-0.15, -0.1) is 12.6 Å². The predicted molar refractivity (Wildman–Crippen MR) is 40.2 cm³/mol. The quantitative estimate of drug-likeness (QED) is 0.532. The van der Waals surface area contributed by atoms with E-state index in [0.717, 1.165) is 17.3 Å². The Kier molecular flexibility index (Phi) is 2.05. The molecule has 0 unspecified atom stereocenters. The van der Waals surface area contributed by atoms with E-state index in [9.17, 15) is 0 Å². The lowest BCUT2D eigenvalue weighted by atomic mass is 10.4. The number of methoxy groups -OCH3 is 1. The minimum atomic E-state index is 0.767. The molecule has 0 aromatic rings. The van der Waals surface area contributed by atoms with E-state index in [1.807, 2.05) is 12.2 Å². The number of allylic oxidation sites excluding steroid dienone is 2. The smallest absolute Gasteiger partial charge is 0.186 e. The molecule has 0 aromatic heterocycles. The number of hydrogen-bond donors (Lipinski definition) is 2. The molecule has 50 valence electrons. The average molecular weight is 143 g/mol. The Bertz CT molecular complexity index is 162. The van der Waals surface area contributed by atoms with Crippen molar-refractivity contribution in [3.63, 3.8) is 0 Å². The molecule has 0 saturated carbocycles. The first kappa shape index (κ1) is 6.55. The largest absolute Gasteiger partial charge is 0.483 e. The van der Waals surface area contributed by atoms with Gasteiger partial charge in [0.2, 0.25) is 0 Å². The second-order valence-corrected chi connectivity index (χ2v) is 2.32. The van der Waals surface area contributed by atoms with Crippen molar-refractivity contribution in [2.24, 2.45) is 0 Å². The zero-order valence-corrected chi connectivity index (χ0v) is 6.11. The molecule has 1 aliphatic rings. The topological polar surface area (TPSA) is 21.3 Å². The molecule has 0 aliphatic carbocycles. The summed E-state index contributed by atoms with van der Waals surface area (Å²) < 4.78 is 4.91. The molecule has 0 bridgehead atoms. The summed E-state index contributed by atoms with van der Waals surface area (Å²) in [7, 11) is 1.64. The maximum Gasteiger partial charge on any atom is 0.186 e. The Labute approximate surface area is 60.0 Å². The third-order valence-corrected chi connectivity index (χ3v) is 1.40. The van der Waals surface area contributed by atoms with Crippen LogP contribution in [-0.4, -0.2) is 13.7 Å². The normalized spacial score (nSPS) is 17.6. The van der Waals surface area contributed by atoms with E-state index < -0.39 is 0 Å². The fourth-order valence-electron chi connectivity index (χ4n) is 0.608. The van der Waals surface area contributed by atoms with Crippen LogP contribution < -0.4 is 5.32 Å². The molecule has 3 heteroatoms. The van der Waals surface area contributed by atoms with Crippen LogP contribution >= 0.6 is 12.6 Å². The molecule has 9 heavy (non-hydrogen) atoms. The predicted octanol–water partition coefficient (Wildman–Crippen LogP) is 0.891. The maximum absolute atomic E-state index is 4.91. The fourth-order valence-corrected chi connectivity index (χ4v) is 0.761. The lowest BCUT2D eigenvalue weighted by Crippen LogP contribution is -2.18. The lowest BCUT2D eigenvalue weighted by Gasteiger charge is -2.11. The molecule has 0 aromatic carbocycles. The molecule has 1 rings (SSSR count). The minimum absolute atomic E-state index is 0.767. The van der Waals surface area contributed by atoms with Gasteiger partial charge in [-0.1, -0.05) is 0 Å². The van der Waals surface area contributed by atoms with Crippen molar-refractivity contribution in [3.8, 4) is 0 Å². The molecule has 0 radical (unpaired) electrons. The van der Waals surface area contributed by atoms with Crippen molar-refractivity contribution in [2.45, 2.75) is 0 Å². The molecular formula is C6H9NOS. The average Bonchev–Trinajstić information content (AvgIpc) is 1.90. The second-order valence-electron chi connectivity index (χ2n) is 1.75. The first-order valence-electron chi connectivity index (χ1n) is 2.70. The van der Waals surface area contributed by atoms with E-state index in [1.54, 1.807) is 7.11 Å². The third kappa shape index (κ3) is 1.68. The second kappa shape index (κ2) is 2.82. The van der Waals surface area contributed by atoms with Crippen LogP contribution in [0, 0.1) is 0 Å². The van der Waals surface area contributed by atoms with Crippen LogP contribution in [0.15, 0.2) is 22.9 Å². The highest BCUT2D eigenvalue weighted by atomic mass is 32.1. The van der Waals surface area contributed by atoms with Gasteiger partial charge in [-0.05, 0) is 12.2 Å². The van der Waals surface area contributed by atoms with Gasteiger partial charge in [0.05, 0.1) is 7.11 Å². The molecule has 0 amide bonds. The van der Waals surface area contributed by atoms with Crippen molar-refractivity contribution in [1.29, 1.82) is 0 Å². The summed E-state index contributed by atoms with van der Waals surface area (Å²) in [5, 5.41) is 3.01. The summed E-state index contributed by atoms with van der Waals surface area (Å²) in [6.45, 7) is 0.767. The van der Waals surface area contributed by atoms with Gasteiger partial charge in [0.15, 0.2) is 5.88 Å². The summed E-state index contributed by atoms with van der Waals surface area (Å²) in [6, 6.07) is 0. The van der Waals surface area contributed by atoms with Gasteiger partial charge in [0.1, 0.15) is 0 Å². The molecule has 0 spiro atoms. The Hall–Kier alpha value is -0.570. The van der Waals surface area contributed by atoms with E-state index in [1.165, 1.54) is 0 Å². The fraction of sp³-hybridized carbons (Fsp3) is 0.333. The summed E-state index contributed by atoms with van der Waals surface area (Å²) in [5.74, 6) is 0.799. The molecule has 2 nitrogen and oxygen atoms in total. The lowest BCUT2D eigenvalue weighted by molar-refractivity contribution is 0.263. The number of dihydropyridines is 1. The SMILES string of the molecule is COC1=CC=C(S)CN1.